The van der Waals surface area contributed by atoms with E-state index in [0.29, 0.717) is 0 Å². The smallest absolute Gasteiger partial charge is 0.235 e. The first-order valence-corrected chi connectivity index (χ1v) is 11.6. The number of aryl methyl sites for hydroxylation is 2. The van der Waals surface area contributed by atoms with Crippen LogP contribution in [0.1, 0.15) is 48.1 Å². The van der Waals surface area contributed by atoms with Crippen LogP contribution in [0.25, 0.3) is 0 Å². The number of sulfonamides is 1. The zero-order valence-corrected chi connectivity index (χ0v) is 17.3. The number of benzene rings is 2. The Morgan fingerprint density at radius 2 is 1.75 bits per heavy atom. The third-order valence-electron chi connectivity index (χ3n) is 5.24. The van der Waals surface area contributed by atoms with Gasteiger partial charge in [-0.1, -0.05) is 48.5 Å². The highest BCUT2D eigenvalue weighted by Gasteiger charge is 2.22. The van der Waals surface area contributed by atoms with E-state index in [1.165, 1.54) is 28.3 Å². The molecule has 0 saturated heterocycles. The first-order chi connectivity index (χ1) is 13.3. The average Bonchev–Trinajstić information content (AvgIpc) is 2.67. The van der Waals surface area contributed by atoms with Crippen LogP contribution in [0, 0.1) is 0 Å². The highest BCUT2D eigenvalue weighted by Crippen LogP contribution is 2.24. The van der Waals surface area contributed by atoms with Crippen LogP contribution in [0.5, 0.6) is 0 Å². The van der Waals surface area contributed by atoms with E-state index in [1.54, 1.807) is 0 Å². The molecular formula is C22H28N2O3S. The second-order valence-electron chi connectivity index (χ2n) is 7.54. The summed E-state index contributed by atoms with van der Waals surface area (Å²) in [5, 5.41) is 2.95. The quantitative estimate of drug-likeness (QED) is 0.776. The first-order valence-electron chi connectivity index (χ1n) is 9.73. The second-order valence-corrected chi connectivity index (χ2v) is 9.52. The zero-order chi connectivity index (χ0) is 20.1. The predicted molar refractivity (Wildman–Crippen MR) is 111 cm³/mol. The van der Waals surface area contributed by atoms with Crippen molar-refractivity contribution >= 4 is 15.9 Å². The Hall–Kier alpha value is -2.18. The monoisotopic (exact) mass is 400 g/mol. The minimum Gasteiger partial charge on any atom is -0.348 e. The van der Waals surface area contributed by atoms with Gasteiger partial charge in [0.15, 0.2) is 0 Å². The van der Waals surface area contributed by atoms with Crippen molar-refractivity contribution in [3.05, 3.63) is 70.8 Å². The number of hydrogen-bond donors (Lipinski definition) is 1. The molecule has 0 spiro atoms. The maximum absolute atomic E-state index is 12.5. The molecule has 28 heavy (non-hydrogen) atoms. The van der Waals surface area contributed by atoms with E-state index in [9.17, 15) is 13.2 Å². The van der Waals surface area contributed by atoms with E-state index in [4.69, 9.17) is 0 Å². The molecule has 0 radical (unpaired) electrons. The Labute approximate surface area is 167 Å². The summed E-state index contributed by atoms with van der Waals surface area (Å²) < 4.78 is 25.5. The number of nitrogens with zero attached hydrogens (tertiary/aromatic N) is 1. The van der Waals surface area contributed by atoms with E-state index < -0.39 is 10.0 Å². The lowest BCUT2D eigenvalue weighted by atomic mass is 9.89. The number of nitrogens with one attached hydrogen (secondary N) is 1. The molecule has 0 unspecified atom stereocenters. The molecule has 150 valence electrons. The fraction of sp³-hybridized carbons (Fsp3) is 0.409. The Morgan fingerprint density at radius 1 is 1.07 bits per heavy atom. The van der Waals surface area contributed by atoms with Crippen LogP contribution in [-0.2, 0) is 34.2 Å². The van der Waals surface area contributed by atoms with Gasteiger partial charge in [-0.05, 0) is 54.9 Å². The van der Waals surface area contributed by atoms with Gasteiger partial charge in [-0.15, -0.1) is 0 Å². The molecule has 0 heterocycles. The molecule has 0 bridgehead atoms. The second kappa shape index (κ2) is 8.88. The molecule has 2 aromatic rings. The third-order valence-corrected chi connectivity index (χ3v) is 6.44. The van der Waals surface area contributed by atoms with Crippen LogP contribution in [-0.4, -0.2) is 31.4 Å². The van der Waals surface area contributed by atoms with Crippen molar-refractivity contribution in [2.24, 2.45) is 0 Å². The molecule has 6 heteroatoms. The molecule has 1 aliphatic carbocycles. The van der Waals surface area contributed by atoms with Gasteiger partial charge >= 0.3 is 0 Å². The summed E-state index contributed by atoms with van der Waals surface area (Å²) in [5.41, 5.74) is 4.68. The van der Waals surface area contributed by atoms with Gasteiger partial charge in [-0.3, -0.25) is 4.79 Å². The molecule has 1 N–H and O–H groups in total. The molecular weight excluding hydrogens is 372 g/mol. The number of carbonyl (C=O) groups excluding carboxylic acids is 1. The highest BCUT2D eigenvalue weighted by molar-refractivity contribution is 7.88. The normalized spacial score (nSPS) is 15.1. The number of rotatable bonds is 7. The maximum atomic E-state index is 12.5. The van der Waals surface area contributed by atoms with E-state index in [-0.39, 0.29) is 25.0 Å². The van der Waals surface area contributed by atoms with Crippen LogP contribution < -0.4 is 5.32 Å². The molecule has 0 aromatic heterocycles. The maximum Gasteiger partial charge on any atom is 0.235 e. The fourth-order valence-corrected chi connectivity index (χ4v) is 4.37. The van der Waals surface area contributed by atoms with Gasteiger partial charge in [-0.2, -0.15) is 4.31 Å². The number of hydrogen-bond acceptors (Lipinski definition) is 3. The fourth-order valence-electron chi connectivity index (χ4n) is 3.63. The lowest BCUT2D eigenvalue weighted by Crippen LogP contribution is -2.40. The van der Waals surface area contributed by atoms with Crippen molar-refractivity contribution in [2.45, 2.75) is 45.2 Å². The van der Waals surface area contributed by atoms with Gasteiger partial charge in [0.1, 0.15) is 0 Å². The molecule has 1 aliphatic rings. The molecule has 0 saturated carbocycles. The van der Waals surface area contributed by atoms with Crippen molar-refractivity contribution in [3.8, 4) is 0 Å². The van der Waals surface area contributed by atoms with Gasteiger partial charge in [0.05, 0.1) is 18.8 Å². The van der Waals surface area contributed by atoms with E-state index in [1.807, 2.05) is 37.3 Å². The Kier molecular flexibility index (Phi) is 6.52. The molecule has 1 amide bonds. The molecule has 2 aromatic carbocycles. The van der Waals surface area contributed by atoms with Gasteiger partial charge in [0, 0.05) is 6.54 Å². The Morgan fingerprint density at radius 3 is 2.43 bits per heavy atom. The average molecular weight is 401 g/mol. The van der Waals surface area contributed by atoms with Gasteiger partial charge in [0.2, 0.25) is 15.9 Å². The van der Waals surface area contributed by atoms with Crippen LogP contribution in [0.3, 0.4) is 0 Å². The SMILES string of the molecule is C[C@H](NC(=O)CN(Cc1ccccc1)S(C)(=O)=O)c1ccc2c(c1)CCCC2. The van der Waals surface area contributed by atoms with Crippen molar-refractivity contribution < 1.29 is 13.2 Å². The summed E-state index contributed by atoms with van der Waals surface area (Å²) in [6, 6.07) is 15.5. The van der Waals surface area contributed by atoms with E-state index in [0.717, 1.165) is 30.2 Å². The first kappa shape index (κ1) is 20.6. The minimum absolute atomic E-state index is 0.169. The van der Waals surface area contributed by atoms with Gasteiger partial charge in [0.25, 0.3) is 0 Å². The largest absolute Gasteiger partial charge is 0.348 e. The summed E-state index contributed by atoms with van der Waals surface area (Å²) in [6.07, 6.45) is 5.79. The van der Waals surface area contributed by atoms with Crippen molar-refractivity contribution in [1.82, 2.24) is 9.62 Å². The van der Waals surface area contributed by atoms with Crippen LogP contribution in [0.4, 0.5) is 0 Å². The standard InChI is InChI=1S/C22H28N2O3S/c1-17(20-13-12-19-10-6-7-11-21(19)14-20)23-22(25)16-24(28(2,26)27)15-18-8-4-3-5-9-18/h3-5,8-9,12-14,17H,6-7,10-11,15-16H2,1-2H3,(H,23,25)/t17-/m0/s1. The number of amides is 1. The highest BCUT2D eigenvalue weighted by atomic mass is 32.2. The third kappa shape index (κ3) is 5.42. The van der Waals surface area contributed by atoms with Crippen molar-refractivity contribution in [1.29, 1.82) is 0 Å². The molecule has 0 aliphatic heterocycles. The topological polar surface area (TPSA) is 66.5 Å². The Bertz CT molecular complexity index is 926. The van der Waals surface area contributed by atoms with Crippen molar-refractivity contribution in [2.75, 3.05) is 12.8 Å². The summed E-state index contributed by atoms with van der Waals surface area (Å²) in [6.45, 7) is 1.92. The Balaban J connectivity index is 1.65. The molecule has 0 fully saturated rings. The summed E-state index contributed by atoms with van der Waals surface area (Å²) in [4.78, 5) is 12.5. The summed E-state index contributed by atoms with van der Waals surface area (Å²) >= 11 is 0. The molecule has 3 rings (SSSR count). The lowest BCUT2D eigenvalue weighted by molar-refractivity contribution is -0.122. The summed E-state index contributed by atoms with van der Waals surface area (Å²) in [5.74, 6) is -0.299. The molecule has 1 atom stereocenters. The van der Waals surface area contributed by atoms with E-state index >= 15 is 0 Å². The van der Waals surface area contributed by atoms with E-state index in [2.05, 4.69) is 23.5 Å². The number of fused-ring (bicyclic) bond motifs is 1. The lowest BCUT2D eigenvalue weighted by Gasteiger charge is -2.23. The zero-order valence-electron chi connectivity index (χ0n) is 16.5. The minimum atomic E-state index is -3.50. The van der Waals surface area contributed by atoms with Gasteiger partial charge in [-0.25, -0.2) is 8.42 Å². The predicted octanol–water partition coefficient (Wildman–Crippen LogP) is 3.20. The summed E-state index contributed by atoms with van der Waals surface area (Å²) in [7, 11) is -3.50. The molecule has 5 nitrogen and oxygen atoms in total. The number of carbonyl (C=O) groups is 1. The van der Waals surface area contributed by atoms with Crippen LogP contribution in [0.2, 0.25) is 0 Å². The van der Waals surface area contributed by atoms with Crippen LogP contribution in [0.15, 0.2) is 48.5 Å². The van der Waals surface area contributed by atoms with Crippen molar-refractivity contribution in [3.63, 3.8) is 0 Å². The van der Waals surface area contributed by atoms with Gasteiger partial charge < -0.3 is 5.32 Å². The van der Waals surface area contributed by atoms with Crippen LogP contribution >= 0.6 is 0 Å².